The number of aromatic nitrogens is 2. The second-order valence-corrected chi connectivity index (χ2v) is 6.80. The summed E-state index contributed by atoms with van der Waals surface area (Å²) in [5, 5.41) is 17.5. The summed E-state index contributed by atoms with van der Waals surface area (Å²) in [6.45, 7) is 4.23. The van der Waals surface area contributed by atoms with E-state index in [-0.39, 0.29) is 0 Å². The van der Waals surface area contributed by atoms with Crippen molar-refractivity contribution in [2.45, 2.75) is 37.0 Å². The van der Waals surface area contributed by atoms with Crippen LogP contribution < -0.4 is 5.32 Å². The molecule has 1 fully saturated rings. The van der Waals surface area contributed by atoms with Crippen LogP contribution in [0.5, 0.6) is 0 Å². The summed E-state index contributed by atoms with van der Waals surface area (Å²) < 4.78 is 0. The van der Waals surface area contributed by atoms with Gasteiger partial charge < -0.3 is 10.5 Å². The molecule has 1 aliphatic heterocycles. The zero-order valence-corrected chi connectivity index (χ0v) is 14.0. The predicted molar refractivity (Wildman–Crippen MR) is 90.0 cm³/mol. The first kappa shape index (κ1) is 15.4. The van der Waals surface area contributed by atoms with Crippen molar-refractivity contribution in [3.8, 4) is 0 Å². The minimum absolute atomic E-state index is 0.503. The number of hydrogen-bond donors (Lipinski definition) is 2. The number of hydrogen-bond acceptors (Lipinski definition) is 4. The van der Waals surface area contributed by atoms with Crippen LogP contribution in [-0.2, 0) is 6.42 Å². The van der Waals surface area contributed by atoms with E-state index in [0.29, 0.717) is 5.92 Å². The third-order valence-electron chi connectivity index (χ3n) is 4.42. The molecule has 1 aromatic heterocycles. The zero-order valence-electron chi connectivity index (χ0n) is 13.2. The Morgan fingerprint density at radius 2 is 2.14 bits per heavy atom. The van der Waals surface area contributed by atoms with Gasteiger partial charge in [-0.1, -0.05) is 12.1 Å². The number of benzene rings is 1. The fraction of sp³-hybridized carbons (Fsp3) is 0.471. The Labute approximate surface area is 135 Å². The second kappa shape index (κ2) is 6.75. The number of aryl methyl sites for hydroxylation is 1. The van der Waals surface area contributed by atoms with Crippen LogP contribution in [0, 0.1) is 6.92 Å². The monoisotopic (exact) mass is 317 g/mol. The molecule has 118 valence electrons. The summed E-state index contributed by atoms with van der Waals surface area (Å²) in [4.78, 5) is 2.30. The lowest BCUT2D eigenvalue weighted by molar-refractivity contribution is 0.147. The lowest BCUT2D eigenvalue weighted by Crippen LogP contribution is -2.26. The van der Waals surface area contributed by atoms with Crippen molar-refractivity contribution in [2.75, 3.05) is 19.3 Å². The van der Waals surface area contributed by atoms with Crippen LogP contribution in [0.2, 0.25) is 0 Å². The summed E-state index contributed by atoms with van der Waals surface area (Å²) >= 11 is 1.77. The van der Waals surface area contributed by atoms with Crippen molar-refractivity contribution in [3.05, 3.63) is 46.8 Å². The Morgan fingerprint density at radius 3 is 2.82 bits per heavy atom. The van der Waals surface area contributed by atoms with Crippen LogP contribution >= 0.6 is 11.8 Å². The number of nitrogens with zero attached hydrogens (tertiary/aromatic N) is 2. The third-order valence-corrected chi connectivity index (χ3v) is 5.32. The molecule has 2 heterocycles. The largest absolute Gasteiger partial charge is 0.412 e. The molecule has 0 aliphatic carbocycles. The summed E-state index contributed by atoms with van der Waals surface area (Å²) in [7, 11) is 0. The van der Waals surface area contributed by atoms with Gasteiger partial charge in [0.05, 0.1) is 11.9 Å². The van der Waals surface area contributed by atoms with Crippen LogP contribution in [0.1, 0.15) is 41.1 Å². The lowest BCUT2D eigenvalue weighted by Gasteiger charge is -2.22. The van der Waals surface area contributed by atoms with Crippen molar-refractivity contribution in [3.63, 3.8) is 0 Å². The van der Waals surface area contributed by atoms with Crippen LogP contribution in [0.3, 0.4) is 0 Å². The maximum Gasteiger partial charge on any atom is 0.0738 e. The van der Waals surface area contributed by atoms with E-state index in [1.54, 1.807) is 18.0 Å². The summed E-state index contributed by atoms with van der Waals surface area (Å²) in [5.74, 6) is 0.503. The SMILES string of the molecule is CSc1ccc(Cc2nn(O)cc2C2CCNCC2)cc1C. The van der Waals surface area contributed by atoms with Crippen molar-refractivity contribution >= 4 is 11.8 Å². The Kier molecular flexibility index (Phi) is 4.74. The standard InChI is InChI=1S/C17H23N3OS/c1-12-9-13(3-4-17(12)22-2)10-16-15(11-20(21)19-16)14-5-7-18-8-6-14/h3-4,9,11,14,18,21H,5-8,10H2,1-2H3. The zero-order chi connectivity index (χ0) is 15.5. The smallest absolute Gasteiger partial charge is 0.0738 e. The van der Waals surface area contributed by atoms with Gasteiger partial charge in [-0.3, -0.25) is 0 Å². The topological polar surface area (TPSA) is 50.1 Å². The van der Waals surface area contributed by atoms with Crippen molar-refractivity contribution in [1.29, 1.82) is 0 Å². The van der Waals surface area contributed by atoms with Gasteiger partial charge in [0.25, 0.3) is 0 Å². The fourth-order valence-corrected chi connectivity index (χ4v) is 3.85. The Bertz CT molecular complexity index is 647. The molecule has 2 aromatic rings. The van der Waals surface area contributed by atoms with E-state index in [4.69, 9.17) is 0 Å². The average Bonchev–Trinajstić information content (AvgIpc) is 2.89. The molecule has 0 radical (unpaired) electrons. The van der Waals surface area contributed by atoms with Gasteiger partial charge in [0.1, 0.15) is 0 Å². The molecule has 1 saturated heterocycles. The van der Waals surface area contributed by atoms with E-state index in [1.807, 2.05) is 0 Å². The molecule has 0 spiro atoms. The highest BCUT2D eigenvalue weighted by Gasteiger charge is 2.21. The van der Waals surface area contributed by atoms with Crippen molar-refractivity contribution < 1.29 is 5.21 Å². The number of rotatable bonds is 4. The van der Waals surface area contributed by atoms with Gasteiger partial charge in [0.2, 0.25) is 0 Å². The number of piperidine rings is 1. The third kappa shape index (κ3) is 3.31. The van der Waals surface area contributed by atoms with Crippen LogP contribution in [-0.4, -0.2) is 34.5 Å². The molecule has 2 N–H and O–H groups in total. The van der Waals surface area contributed by atoms with Crippen molar-refractivity contribution in [2.24, 2.45) is 0 Å². The Morgan fingerprint density at radius 1 is 1.36 bits per heavy atom. The van der Waals surface area contributed by atoms with E-state index >= 15 is 0 Å². The van der Waals surface area contributed by atoms with Gasteiger partial charge >= 0.3 is 0 Å². The quantitative estimate of drug-likeness (QED) is 0.671. The Hall–Kier alpha value is -1.46. The molecule has 0 amide bonds. The molecule has 3 rings (SSSR count). The van der Waals surface area contributed by atoms with E-state index in [9.17, 15) is 5.21 Å². The van der Waals surface area contributed by atoms with Gasteiger partial charge in [-0.15, -0.1) is 21.7 Å². The highest BCUT2D eigenvalue weighted by Crippen LogP contribution is 2.29. The summed E-state index contributed by atoms with van der Waals surface area (Å²) in [5.41, 5.74) is 4.77. The molecule has 1 aliphatic rings. The summed E-state index contributed by atoms with van der Waals surface area (Å²) in [6.07, 6.45) is 6.90. The van der Waals surface area contributed by atoms with Crippen LogP contribution in [0.15, 0.2) is 29.3 Å². The van der Waals surface area contributed by atoms with Gasteiger partial charge in [-0.25, -0.2) is 0 Å². The van der Waals surface area contributed by atoms with Gasteiger partial charge in [0, 0.05) is 16.9 Å². The minimum atomic E-state index is 0.503. The molecule has 0 unspecified atom stereocenters. The lowest BCUT2D eigenvalue weighted by atomic mass is 9.89. The fourth-order valence-electron chi connectivity index (χ4n) is 3.26. The van der Waals surface area contributed by atoms with Crippen LogP contribution in [0.4, 0.5) is 0 Å². The number of nitrogens with one attached hydrogen (secondary N) is 1. The first-order chi connectivity index (χ1) is 10.7. The van der Waals surface area contributed by atoms with E-state index in [2.05, 4.69) is 41.8 Å². The highest BCUT2D eigenvalue weighted by molar-refractivity contribution is 7.98. The second-order valence-electron chi connectivity index (χ2n) is 5.96. The normalized spacial score (nSPS) is 16.1. The maximum absolute atomic E-state index is 9.77. The molecular weight excluding hydrogens is 294 g/mol. The Balaban J connectivity index is 1.84. The van der Waals surface area contributed by atoms with Gasteiger partial charge in [0.15, 0.2) is 0 Å². The molecule has 22 heavy (non-hydrogen) atoms. The first-order valence-corrected chi connectivity index (χ1v) is 9.02. The molecule has 0 saturated carbocycles. The van der Waals surface area contributed by atoms with Crippen molar-refractivity contribution in [1.82, 2.24) is 15.3 Å². The predicted octanol–water partition coefficient (Wildman–Crippen LogP) is 3.21. The first-order valence-electron chi connectivity index (χ1n) is 7.79. The average molecular weight is 317 g/mol. The molecule has 4 nitrogen and oxygen atoms in total. The van der Waals surface area contributed by atoms with E-state index < -0.39 is 0 Å². The molecule has 1 aromatic carbocycles. The summed E-state index contributed by atoms with van der Waals surface area (Å²) in [6, 6.07) is 6.57. The van der Waals surface area contributed by atoms with E-state index in [0.717, 1.165) is 42.9 Å². The maximum atomic E-state index is 9.77. The molecule has 5 heteroatoms. The molecular formula is C17H23N3OS. The van der Waals surface area contributed by atoms with E-state index in [1.165, 1.54) is 21.6 Å². The minimum Gasteiger partial charge on any atom is -0.412 e. The molecule has 0 atom stereocenters. The van der Waals surface area contributed by atoms with Crippen LogP contribution in [0.25, 0.3) is 0 Å². The molecule has 0 bridgehead atoms. The highest BCUT2D eigenvalue weighted by atomic mass is 32.2. The van der Waals surface area contributed by atoms with Gasteiger partial charge in [-0.05, 0) is 62.2 Å². The number of thioether (sulfide) groups is 1. The van der Waals surface area contributed by atoms with Gasteiger partial charge in [-0.2, -0.15) is 0 Å².